The maximum atomic E-state index is 12.5. The number of likely N-dealkylation sites (tertiary alicyclic amines) is 1. The average molecular weight is 329 g/mol. The highest BCUT2D eigenvalue weighted by atomic mass is 32.2. The lowest BCUT2D eigenvalue weighted by Crippen LogP contribution is -2.31. The van der Waals surface area contributed by atoms with E-state index in [9.17, 15) is 4.79 Å². The lowest BCUT2D eigenvalue weighted by Gasteiger charge is -2.18. The number of aromatic nitrogens is 1. The van der Waals surface area contributed by atoms with Crippen LogP contribution in [0.25, 0.3) is 10.9 Å². The van der Waals surface area contributed by atoms with Gasteiger partial charge in [-0.15, -0.1) is 11.8 Å². The van der Waals surface area contributed by atoms with Crippen LogP contribution in [0.1, 0.15) is 37.6 Å². The predicted molar refractivity (Wildman–Crippen MR) is 95.8 cm³/mol. The Labute approximate surface area is 141 Å². The van der Waals surface area contributed by atoms with E-state index >= 15 is 0 Å². The van der Waals surface area contributed by atoms with Gasteiger partial charge < -0.3 is 10.6 Å². The fraction of sp³-hybridized carbons (Fsp3) is 0.444. The number of carbonyl (C=O) groups is 1. The van der Waals surface area contributed by atoms with Crippen LogP contribution in [0.2, 0.25) is 0 Å². The number of hydrogen-bond acceptors (Lipinski definition) is 4. The molecule has 1 aromatic heterocycles. The molecule has 2 heterocycles. The minimum atomic E-state index is 0.0282. The number of benzene rings is 1. The van der Waals surface area contributed by atoms with Gasteiger partial charge in [0.2, 0.25) is 0 Å². The molecule has 4 nitrogen and oxygen atoms in total. The smallest absolute Gasteiger partial charge is 0.255 e. The average Bonchev–Trinajstić information content (AvgIpc) is 2.91. The minimum Gasteiger partial charge on any atom is -0.337 e. The molecular formula is C18H23N3OS. The molecule has 0 radical (unpaired) electrons. The number of hydrogen-bond donors (Lipinski definition) is 1. The van der Waals surface area contributed by atoms with Crippen molar-refractivity contribution in [2.75, 3.05) is 13.1 Å². The summed E-state index contributed by atoms with van der Waals surface area (Å²) in [7, 11) is 0. The van der Waals surface area contributed by atoms with E-state index in [0.29, 0.717) is 12.1 Å². The lowest BCUT2D eigenvalue weighted by atomic mass is 10.1. The summed E-state index contributed by atoms with van der Waals surface area (Å²) in [6, 6.07) is 8.26. The summed E-state index contributed by atoms with van der Waals surface area (Å²) in [5.41, 5.74) is 7.45. The molecule has 1 atom stereocenters. The molecule has 0 bridgehead atoms. The number of thioether (sulfide) groups is 1. The first-order valence-corrected chi connectivity index (χ1v) is 8.77. The van der Waals surface area contributed by atoms with Crippen molar-refractivity contribution in [2.45, 2.75) is 42.9 Å². The first-order valence-electron chi connectivity index (χ1n) is 7.95. The van der Waals surface area contributed by atoms with E-state index in [0.717, 1.165) is 23.9 Å². The van der Waals surface area contributed by atoms with Gasteiger partial charge in [0, 0.05) is 40.4 Å². The van der Waals surface area contributed by atoms with Gasteiger partial charge in [0.05, 0.1) is 11.1 Å². The molecule has 5 heteroatoms. The summed E-state index contributed by atoms with van der Waals surface area (Å²) < 4.78 is 0.165. The highest BCUT2D eigenvalue weighted by Gasteiger charge is 2.24. The number of amides is 1. The Morgan fingerprint density at radius 3 is 2.78 bits per heavy atom. The second-order valence-corrected chi connectivity index (χ2v) is 8.99. The van der Waals surface area contributed by atoms with E-state index in [2.05, 4.69) is 37.9 Å². The molecule has 1 saturated heterocycles. The van der Waals surface area contributed by atoms with Crippen LogP contribution in [0, 0.1) is 0 Å². The summed E-state index contributed by atoms with van der Waals surface area (Å²) >= 11 is 1.82. The molecule has 1 amide bonds. The van der Waals surface area contributed by atoms with Gasteiger partial charge in [-0.2, -0.15) is 0 Å². The van der Waals surface area contributed by atoms with E-state index < -0.39 is 0 Å². The predicted octanol–water partition coefficient (Wildman–Crippen LogP) is 3.30. The molecule has 2 N–H and O–H groups in total. The molecule has 3 rings (SSSR count). The largest absolute Gasteiger partial charge is 0.337 e. The molecule has 1 fully saturated rings. The number of fused-ring (bicyclic) bond motifs is 1. The van der Waals surface area contributed by atoms with Gasteiger partial charge in [0.25, 0.3) is 5.91 Å². The van der Waals surface area contributed by atoms with Crippen molar-refractivity contribution in [1.82, 2.24) is 9.88 Å². The van der Waals surface area contributed by atoms with Crippen LogP contribution in [-0.4, -0.2) is 39.7 Å². The van der Waals surface area contributed by atoms with Crippen molar-refractivity contribution < 1.29 is 4.79 Å². The maximum absolute atomic E-state index is 12.5. The molecule has 0 aliphatic carbocycles. The van der Waals surface area contributed by atoms with E-state index in [-0.39, 0.29) is 16.7 Å². The molecular weight excluding hydrogens is 306 g/mol. The van der Waals surface area contributed by atoms with Crippen LogP contribution >= 0.6 is 11.8 Å². The fourth-order valence-corrected chi connectivity index (χ4v) is 3.80. The van der Waals surface area contributed by atoms with Gasteiger partial charge in [0.15, 0.2) is 0 Å². The highest BCUT2D eigenvalue weighted by molar-refractivity contribution is 8.00. The van der Waals surface area contributed by atoms with E-state index in [1.165, 1.54) is 4.90 Å². The maximum Gasteiger partial charge on any atom is 0.255 e. The number of carbonyl (C=O) groups excluding carboxylic acids is 1. The number of nitrogens with zero attached hydrogens (tertiary/aromatic N) is 2. The quantitative estimate of drug-likeness (QED) is 0.859. The van der Waals surface area contributed by atoms with Crippen LogP contribution in [0.15, 0.2) is 35.4 Å². The van der Waals surface area contributed by atoms with Gasteiger partial charge in [-0.05, 0) is 24.6 Å². The van der Waals surface area contributed by atoms with Gasteiger partial charge in [-0.25, -0.2) is 0 Å². The highest BCUT2D eigenvalue weighted by Crippen LogP contribution is 2.33. The zero-order valence-electron chi connectivity index (χ0n) is 13.9. The standard InChI is InChI=1S/C18H23N3OS/c1-18(2,3)23-15-5-4-12-8-13(10-20-16(12)9-15)17(22)21-7-6-14(19)11-21/h4-5,8-10,14H,6-7,11,19H2,1-3H3/t14-/m1/s1. The van der Waals surface area contributed by atoms with Gasteiger partial charge in [-0.3, -0.25) is 9.78 Å². The van der Waals surface area contributed by atoms with Gasteiger partial charge >= 0.3 is 0 Å². The molecule has 1 aliphatic heterocycles. The Balaban J connectivity index is 1.85. The summed E-state index contributed by atoms with van der Waals surface area (Å²) in [6.07, 6.45) is 2.56. The minimum absolute atomic E-state index is 0.0282. The van der Waals surface area contributed by atoms with Gasteiger partial charge in [0.1, 0.15) is 0 Å². The van der Waals surface area contributed by atoms with E-state index in [1.807, 2.05) is 28.8 Å². The summed E-state index contributed by atoms with van der Waals surface area (Å²) in [5, 5.41) is 0.998. The Morgan fingerprint density at radius 1 is 1.35 bits per heavy atom. The molecule has 2 aromatic rings. The van der Waals surface area contributed by atoms with Crippen LogP contribution in [0.3, 0.4) is 0 Å². The van der Waals surface area contributed by atoms with Crippen molar-refractivity contribution in [3.8, 4) is 0 Å². The van der Waals surface area contributed by atoms with Crippen molar-refractivity contribution in [3.63, 3.8) is 0 Å². The monoisotopic (exact) mass is 329 g/mol. The third-order valence-corrected chi connectivity index (χ3v) is 4.94. The number of pyridine rings is 1. The van der Waals surface area contributed by atoms with Crippen LogP contribution < -0.4 is 5.73 Å². The van der Waals surface area contributed by atoms with Crippen molar-refractivity contribution >= 4 is 28.6 Å². The first kappa shape index (κ1) is 16.3. The Morgan fingerprint density at radius 2 is 2.13 bits per heavy atom. The van der Waals surface area contributed by atoms with E-state index in [1.54, 1.807) is 6.20 Å². The van der Waals surface area contributed by atoms with Crippen LogP contribution in [-0.2, 0) is 0 Å². The number of nitrogens with two attached hydrogens (primary N) is 1. The molecule has 0 saturated carbocycles. The Hall–Kier alpha value is -1.59. The third kappa shape index (κ3) is 3.85. The molecule has 23 heavy (non-hydrogen) atoms. The topological polar surface area (TPSA) is 59.2 Å². The van der Waals surface area contributed by atoms with Crippen molar-refractivity contribution in [1.29, 1.82) is 0 Å². The van der Waals surface area contributed by atoms with Crippen LogP contribution in [0.5, 0.6) is 0 Å². The van der Waals surface area contributed by atoms with Gasteiger partial charge in [-0.1, -0.05) is 26.8 Å². The lowest BCUT2D eigenvalue weighted by molar-refractivity contribution is 0.0790. The Bertz CT molecular complexity index is 739. The van der Waals surface area contributed by atoms with Crippen LogP contribution in [0.4, 0.5) is 0 Å². The van der Waals surface area contributed by atoms with Crippen molar-refractivity contribution in [3.05, 3.63) is 36.0 Å². The molecule has 1 aliphatic rings. The molecule has 0 spiro atoms. The zero-order chi connectivity index (χ0) is 16.6. The number of rotatable bonds is 2. The van der Waals surface area contributed by atoms with E-state index in [4.69, 9.17) is 5.73 Å². The molecule has 122 valence electrons. The summed E-state index contributed by atoms with van der Waals surface area (Å²) in [5.74, 6) is 0.0282. The second kappa shape index (κ2) is 6.13. The molecule has 1 aromatic carbocycles. The molecule has 0 unspecified atom stereocenters. The zero-order valence-corrected chi connectivity index (χ0v) is 14.7. The Kier molecular flexibility index (Phi) is 4.34. The normalized spacial score (nSPS) is 18.6. The SMILES string of the molecule is CC(C)(C)Sc1ccc2cc(C(=O)N3CC[C@@H](N)C3)cnc2c1. The fourth-order valence-electron chi connectivity index (χ4n) is 2.79. The summed E-state index contributed by atoms with van der Waals surface area (Å²) in [6.45, 7) is 7.95. The second-order valence-electron chi connectivity index (χ2n) is 7.09. The summed E-state index contributed by atoms with van der Waals surface area (Å²) in [4.78, 5) is 20.0. The third-order valence-electron chi connectivity index (χ3n) is 3.84. The first-order chi connectivity index (χ1) is 10.8. The van der Waals surface area contributed by atoms with Crippen molar-refractivity contribution in [2.24, 2.45) is 5.73 Å².